The van der Waals surface area contributed by atoms with Crippen LogP contribution in [-0.2, 0) is 0 Å². The van der Waals surface area contributed by atoms with Gasteiger partial charge in [-0.05, 0) is 42.3 Å². The summed E-state index contributed by atoms with van der Waals surface area (Å²) in [6, 6.07) is 18.0. The van der Waals surface area contributed by atoms with E-state index in [2.05, 4.69) is 27.6 Å². The molecule has 0 aliphatic heterocycles. The molecule has 1 saturated carbocycles. The standard InChI is InChI=1S/C19H16FN3O/c20-14-8-6-13(7-9-14)16-11-18(23-22-16)19(24)21-17-10-15(17)12-4-2-1-3-5-12/h1-9,11,15,17H,10H2,(H,21,24)(H,22,23)/t15-,17+/m0/s1. The summed E-state index contributed by atoms with van der Waals surface area (Å²) < 4.78 is 13.0. The van der Waals surface area contributed by atoms with E-state index in [1.165, 1.54) is 17.7 Å². The van der Waals surface area contributed by atoms with Crippen LogP contribution < -0.4 is 5.32 Å². The highest BCUT2D eigenvalue weighted by molar-refractivity contribution is 5.93. The maximum absolute atomic E-state index is 13.0. The van der Waals surface area contributed by atoms with Gasteiger partial charge in [-0.1, -0.05) is 30.3 Å². The maximum Gasteiger partial charge on any atom is 0.269 e. The number of H-pyrrole nitrogens is 1. The molecule has 1 aromatic heterocycles. The Hall–Kier alpha value is -2.95. The Bertz CT molecular complexity index is 858. The first-order valence-corrected chi connectivity index (χ1v) is 7.88. The fourth-order valence-corrected chi connectivity index (χ4v) is 2.88. The number of nitrogens with one attached hydrogen (secondary N) is 2. The first kappa shape index (κ1) is 14.6. The van der Waals surface area contributed by atoms with E-state index in [1.807, 2.05) is 18.2 Å². The first-order valence-electron chi connectivity index (χ1n) is 7.88. The summed E-state index contributed by atoms with van der Waals surface area (Å²) in [5.41, 5.74) is 3.04. The largest absolute Gasteiger partial charge is 0.347 e. The van der Waals surface area contributed by atoms with E-state index in [-0.39, 0.29) is 17.8 Å². The number of hydrogen-bond acceptors (Lipinski definition) is 2. The zero-order valence-electron chi connectivity index (χ0n) is 12.9. The third-order valence-electron chi connectivity index (χ3n) is 4.30. The van der Waals surface area contributed by atoms with Crippen LogP contribution in [0.2, 0.25) is 0 Å². The van der Waals surface area contributed by atoms with E-state index in [0.717, 1.165) is 12.0 Å². The van der Waals surface area contributed by atoms with Crippen LogP contribution in [-0.4, -0.2) is 22.1 Å². The van der Waals surface area contributed by atoms with Gasteiger partial charge in [0.05, 0.1) is 5.69 Å². The molecule has 0 radical (unpaired) electrons. The van der Waals surface area contributed by atoms with E-state index in [0.29, 0.717) is 17.3 Å². The number of carbonyl (C=O) groups excluding carboxylic acids is 1. The number of benzene rings is 2. The minimum atomic E-state index is -0.298. The molecule has 0 unspecified atom stereocenters. The summed E-state index contributed by atoms with van der Waals surface area (Å²) in [5, 5.41) is 9.91. The molecule has 120 valence electrons. The maximum atomic E-state index is 13.0. The fraction of sp³-hybridized carbons (Fsp3) is 0.158. The number of amides is 1. The molecule has 3 aromatic rings. The quantitative estimate of drug-likeness (QED) is 0.772. The number of aromatic nitrogens is 2. The van der Waals surface area contributed by atoms with Crippen molar-refractivity contribution in [3.05, 3.63) is 77.7 Å². The Morgan fingerprint density at radius 2 is 1.88 bits per heavy atom. The smallest absolute Gasteiger partial charge is 0.269 e. The second kappa shape index (κ2) is 5.92. The molecule has 1 amide bonds. The molecule has 1 fully saturated rings. The molecule has 1 aliphatic rings. The van der Waals surface area contributed by atoms with Crippen molar-refractivity contribution in [2.75, 3.05) is 0 Å². The second-order valence-electron chi connectivity index (χ2n) is 6.01. The van der Waals surface area contributed by atoms with Gasteiger partial charge < -0.3 is 5.32 Å². The van der Waals surface area contributed by atoms with Crippen molar-refractivity contribution in [1.82, 2.24) is 15.5 Å². The molecule has 2 aromatic carbocycles. The molecule has 4 nitrogen and oxygen atoms in total. The van der Waals surface area contributed by atoms with Gasteiger partial charge in [0.2, 0.25) is 0 Å². The molecule has 24 heavy (non-hydrogen) atoms. The van der Waals surface area contributed by atoms with E-state index < -0.39 is 0 Å². The fourth-order valence-electron chi connectivity index (χ4n) is 2.88. The molecular formula is C19H16FN3O. The zero-order chi connectivity index (χ0) is 16.5. The summed E-state index contributed by atoms with van der Waals surface area (Å²) >= 11 is 0. The molecule has 1 aliphatic carbocycles. The average molecular weight is 321 g/mol. The van der Waals surface area contributed by atoms with E-state index in [9.17, 15) is 9.18 Å². The number of nitrogens with zero attached hydrogens (tertiary/aromatic N) is 1. The topological polar surface area (TPSA) is 57.8 Å². The highest BCUT2D eigenvalue weighted by Crippen LogP contribution is 2.40. The van der Waals surface area contributed by atoms with Gasteiger partial charge in [-0.15, -0.1) is 0 Å². The predicted molar refractivity (Wildman–Crippen MR) is 89.0 cm³/mol. The lowest BCUT2D eigenvalue weighted by Crippen LogP contribution is -2.26. The lowest BCUT2D eigenvalue weighted by Gasteiger charge is -2.03. The monoisotopic (exact) mass is 321 g/mol. The Morgan fingerprint density at radius 1 is 1.12 bits per heavy atom. The Balaban J connectivity index is 1.42. The Kier molecular flexibility index (Phi) is 3.61. The minimum Gasteiger partial charge on any atom is -0.347 e. The first-order chi connectivity index (χ1) is 11.7. The third-order valence-corrected chi connectivity index (χ3v) is 4.30. The number of hydrogen-bond donors (Lipinski definition) is 2. The van der Waals surface area contributed by atoms with Gasteiger partial charge in [0.15, 0.2) is 0 Å². The molecule has 0 bridgehead atoms. The van der Waals surface area contributed by atoms with Crippen molar-refractivity contribution >= 4 is 5.91 Å². The summed E-state index contributed by atoms with van der Waals surface area (Å²) in [6.45, 7) is 0. The summed E-state index contributed by atoms with van der Waals surface area (Å²) in [4.78, 5) is 12.3. The SMILES string of the molecule is O=C(N[C@@H]1C[C@H]1c1ccccc1)c1cc(-c2ccc(F)cc2)n[nH]1. The number of aromatic amines is 1. The van der Waals surface area contributed by atoms with Crippen molar-refractivity contribution in [3.63, 3.8) is 0 Å². The lowest BCUT2D eigenvalue weighted by molar-refractivity contribution is 0.0945. The molecule has 4 rings (SSSR count). The van der Waals surface area contributed by atoms with Gasteiger partial charge in [-0.3, -0.25) is 9.89 Å². The van der Waals surface area contributed by atoms with Crippen molar-refractivity contribution in [2.45, 2.75) is 18.4 Å². The molecule has 0 spiro atoms. The molecule has 2 N–H and O–H groups in total. The lowest BCUT2D eigenvalue weighted by atomic mass is 10.1. The van der Waals surface area contributed by atoms with E-state index >= 15 is 0 Å². The highest BCUT2D eigenvalue weighted by atomic mass is 19.1. The van der Waals surface area contributed by atoms with Gasteiger partial charge in [-0.25, -0.2) is 4.39 Å². The summed E-state index contributed by atoms with van der Waals surface area (Å²) in [5.74, 6) is -0.0816. The molecular weight excluding hydrogens is 305 g/mol. The Labute approximate surface area is 138 Å². The Morgan fingerprint density at radius 3 is 2.62 bits per heavy atom. The van der Waals surface area contributed by atoms with Crippen LogP contribution in [0.15, 0.2) is 60.7 Å². The van der Waals surface area contributed by atoms with Crippen molar-refractivity contribution in [3.8, 4) is 11.3 Å². The molecule has 2 atom stereocenters. The minimum absolute atomic E-state index is 0.164. The van der Waals surface area contributed by atoms with Crippen LogP contribution in [0.3, 0.4) is 0 Å². The predicted octanol–water partition coefficient (Wildman–Crippen LogP) is 3.50. The zero-order valence-corrected chi connectivity index (χ0v) is 12.9. The number of carbonyl (C=O) groups is 1. The van der Waals surface area contributed by atoms with Crippen LogP contribution in [0, 0.1) is 5.82 Å². The van der Waals surface area contributed by atoms with E-state index in [1.54, 1.807) is 18.2 Å². The van der Waals surface area contributed by atoms with Crippen LogP contribution in [0.5, 0.6) is 0 Å². The number of rotatable bonds is 4. The van der Waals surface area contributed by atoms with Gasteiger partial charge in [-0.2, -0.15) is 5.10 Å². The van der Waals surface area contributed by atoms with Gasteiger partial charge in [0.25, 0.3) is 5.91 Å². The third kappa shape index (κ3) is 2.93. The summed E-state index contributed by atoms with van der Waals surface area (Å²) in [7, 11) is 0. The second-order valence-corrected chi connectivity index (χ2v) is 6.01. The number of halogens is 1. The highest BCUT2D eigenvalue weighted by Gasteiger charge is 2.39. The average Bonchev–Trinajstić information content (AvgIpc) is 3.19. The van der Waals surface area contributed by atoms with Crippen LogP contribution in [0.1, 0.15) is 28.4 Å². The van der Waals surface area contributed by atoms with Crippen LogP contribution in [0.25, 0.3) is 11.3 Å². The van der Waals surface area contributed by atoms with Crippen molar-refractivity contribution in [2.24, 2.45) is 0 Å². The van der Waals surface area contributed by atoms with Crippen LogP contribution in [0.4, 0.5) is 4.39 Å². The molecule has 5 heteroatoms. The molecule has 1 heterocycles. The van der Waals surface area contributed by atoms with Gasteiger partial charge in [0, 0.05) is 17.5 Å². The normalized spacial score (nSPS) is 19.0. The van der Waals surface area contributed by atoms with Crippen molar-refractivity contribution < 1.29 is 9.18 Å². The van der Waals surface area contributed by atoms with Gasteiger partial charge >= 0.3 is 0 Å². The van der Waals surface area contributed by atoms with Crippen LogP contribution >= 0.6 is 0 Å². The summed E-state index contributed by atoms with van der Waals surface area (Å²) in [6.07, 6.45) is 0.953. The van der Waals surface area contributed by atoms with E-state index in [4.69, 9.17) is 0 Å². The van der Waals surface area contributed by atoms with Gasteiger partial charge in [0.1, 0.15) is 11.5 Å². The van der Waals surface area contributed by atoms with Crippen molar-refractivity contribution in [1.29, 1.82) is 0 Å². The molecule has 0 saturated heterocycles.